The maximum Gasteiger partial charge on any atom is 0.263 e. The van der Waals surface area contributed by atoms with Crippen LogP contribution in [0.25, 0.3) is 0 Å². The first-order chi connectivity index (χ1) is 9.58. The quantitative estimate of drug-likeness (QED) is 0.617. The van der Waals surface area contributed by atoms with Crippen LogP contribution in [-0.2, 0) is 4.79 Å². The van der Waals surface area contributed by atoms with Crippen LogP contribution in [0, 0.1) is 11.3 Å². The van der Waals surface area contributed by atoms with Crippen LogP contribution in [0.3, 0.4) is 0 Å². The van der Waals surface area contributed by atoms with Crippen molar-refractivity contribution in [2.75, 3.05) is 0 Å². The highest BCUT2D eigenvalue weighted by atomic mass is 16.1. The van der Waals surface area contributed by atoms with E-state index in [0.717, 1.165) is 12.0 Å². The van der Waals surface area contributed by atoms with Gasteiger partial charge in [-0.3, -0.25) is 4.79 Å². The molecule has 0 bridgehead atoms. The summed E-state index contributed by atoms with van der Waals surface area (Å²) < 4.78 is 0. The van der Waals surface area contributed by atoms with E-state index in [0.29, 0.717) is 0 Å². The first kappa shape index (κ1) is 15.8. The topological polar surface area (TPSA) is 64.9 Å². The predicted octanol–water partition coefficient (Wildman–Crippen LogP) is 2.66. The summed E-state index contributed by atoms with van der Waals surface area (Å²) in [4.78, 5) is 12.0. The lowest BCUT2D eigenvalue weighted by molar-refractivity contribution is -0.117. The SMILES string of the molecule is CCC(C)N/C=C(/C#N)C(=O)NC(C)c1ccccc1. The Morgan fingerprint density at radius 3 is 2.55 bits per heavy atom. The highest BCUT2D eigenvalue weighted by Gasteiger charge is 2.13. The van der Waals surface area contributed by atoms with Gasteiger partial charge in [0.05, 0.1) is 6.04 Å². The van der Waals surface area contributed by atoms with E-state index >= 15 is 0 Å². The van der Waals surface area contributed by atoms with Crippen molar-refractivity contribution in [2.24, 2.45) is 0 Å². The second-order valence-electron chi connectivity index (χ2n) is 4.75. The normalized spacial score (nSPS) is 14.0. The summed E-state index contributed by atoms with van der Waals surface area (Å²) in [6.07, 6.45) is 2.42. The molecular weight excluding hydrogens is 250 g/mol. The largest absolute Gasteiger partial charge is 0.387 e. The third-order valence-corrected chi connectivity index (χ3v) is 3.14. The number of hydrogen-bond acceptors (Lipinski definition) is 3. The van der Waals surface area contributed by atoms with E-state index in [2.05, 4.69) is 10.6 Å². The molecule has 0 spiro atoms. The van der Waals surface area contributed by atoms with Crippen LogP contribution in [0.1, 0.15) is 38.8 Å². The summed E-state index contributed by atoms with van der Waals surface area (Å²) in [7, 11) is 0. The van der Waals surface area contributed by atoms with Crippen LogP contribution < -0.4 is 10.6 Å². The summed E-state index contributed by atoms with van der Waals surface area (Å²) in [5, 5.41) is 14.9. The average molecular weight is 271 g/mol. The molecule has 0 aliphatic carbocycles. The van der Waals surface area contributed by atoms with Crippen molar-refractivity contribution < 1.29 is 4.79 Å². The smallest absolute Gasteiger partial charge is 0.263 e. The summed E-state index contributed by atoms with van der Waals surface area (Å²) >= 11 is 0. The van der Waals surface area contributed by atoms with Crippen LogP contribution in [0.15, 0.2) is 42.1 Å². The second kappa shape index (κ2) is 8.00. The molecule has 1 rings (SSSR count). The van der Waals surface area contributed by atoms with Crippen molar-refractivity contribution >= 4 is 5.91 Å². The molecule has 2 N–H and O–H groups in total. The van der Waals surface area contributed by atoms with Crippen molar-refractivity contribution in [1.82, 2.24) is 10.6 Å². The molecule has 0 aromatic heterocycles. The molecule has 0 aliphatic heterocycles. The van der Waals surface area contributed by atoms with Gasteiger partial charge in [0.15, 0.2) is 0 Å². The van der Waals surface area contributed by atoms with E-state index in [1.165, 1.54) is 6.20 Å². The van der Waals surface area contributed by atoms with E-state index in [-0.39, 0.29) is 23.6 Å². The van der Waals surface area contributed by atoms with E-state index in [4.69, 9.17) is 5.26 Å². The number of carbonyl (C=O) groups is 1. The van der Waals surface area contributed by atoms with Crippen molar-refractivity contribution in [3.8, 4) is 6.07 Å². The molecule has 106 valence electrons. The first-order valence-corrected chi connectivity index (χ1v) is 6.80. The van der Waals surface area contributed by atoms with E-state index < -0.39 is 0 Å². The van der Waals surface area contributed by atoms with Crippen LogP contribution in [0.2, 0.25) is 0 Å². The lowest BCUT2D eigenvalue weighted by atomic mass is 10.1. The number of carbonyl (C=O) groups excluding carboxylic acids is 1. The van der Waals surface area contributed by atoms with Gasteiger partial charge in [-0.05, 0) is 25.8 Å². The molecule has 0 saturated carbocycles. The van der Waals surface area contributed by atoms with Gasteiger partial charge in [-0.25, -0.2) is 0 Å². The maximum atomic E-state index is 12.0. The third kappa shape index (κ3) is 4.77. The lowest BCUT2D eigenvalue weighted by Gasteiger charge is -2.14. The summed E-state index contributed by atoms with van der Waals surface area (Å²) in [5.74, 6) is -0.361. The van der Waals surface area contributed by atoms with Crippen LogP contribution >= 0.6 is 0 Å². The molecular formula is C16H21N3O. The summed E-state index contributed by atoms with van der Waals surface area (Å²) in [6.45, 7) is 5.93. The molecule has 1 aromatic rings. The van der Waals surface area contributed by atoms with Gasteiger partial charge in [0.2, 0.25) is 0 Å². The van der Waals surface area contributed by atoms with Gasteiger partial charge in [0.1, 0.15) is 11.6 Å². The van der Waals surface area contributed by atoms with E-state index in [1.807, 2.05) is 57.2 Å². The monoisotopic (exact) mass is 271 g/mol. The molecule has 0 heterocycles. The Bertz CT molecular complexity index is 502. The Hall–Kier alpha value is -2.28. The highest BCUT2D eigenvalue weighted by Crippen LogP contribution is 2.11. The molecule has 2 atom stereocenters. The zero-order valence-corrected chi connectivity index (χ0v) is 12.2. The summed E-state index contributed by atoms with van der Waals surface area (Å²) in [6, 6.07) is 11.7. The number of rotatable bonds is 6. The first-order valence-electron chi connectivity index (χ1n) is 6.80. The van der Waals surface area contributed by atoms with Crippen molar-refractivity contribution in [3.05, 3.63) is 47.7 Å². The Balaban J connectivity index is 2.67. The van der Waals surface area contributed by atoms with Gasteiger partial charge < -0.3 is 10.6 Å². The molecule has 0 saturated heterocycles. The zero-order chi connectivity index (χ0) is 15.0. The predicted molar refractivity (Wildman–Crippen MR) is 79.6 cm³/mol. The molecule has 0 aliphatic rings. The minimum absolute atomic E-state index is 0.0908. The van der Waals surface area contributed by atoms with Crippen molar-refractivity contribution in [3.63, 3.8) is 0 Å². The number of amides is 1. The Morgan fingerprint density at radius 1 is 1.35 bits per heavy atom. The third-order valence-electron chi connectivity index (χ3n) is 3.14. The number of nitrogens with zero attached hydrogens (tertiary/aromatic N) is 1. The minimum atomic E-state index is -0.361. The number of benzene rings is 1. The molecule has 2 unspecified atom stereocenters. The van der Waals surface area contributed by atoms with Crippen LogP contribution in [0.4, 0.5) is 0 Å². The second-order valence-corrected chi connectivity index (χ2v) is 4.75. The molecule has 1 amide bonds. The molecule has 0 radical (unpaired) electrons. The maximum absolute atomic E-state index is 12.0. The molecule has 4 nitrogen and oxygen atoms in total. The van der Waals surface area contributed by atoms with Gasteiger partial charge in [0, 0.05) is 12.2 Å². The number of hydrogen-bond donors (Lipinski definition) is 2. The Kier molecular flexibility index (Phi) is 6.31. The molecule has 4 heteroatoms. The van der Waals surface area contributed by atoms with E-state index in [9.17, 15) is 4.79 Å². The van der Waals surface area contributed by atoms with Crippen LogP contribution in [-0.4, -0.2) is 11.9 Å². The van der Waals surface area contributed by atoms with E-state index in [1.54, 1.807) is 0 Å². The molecule has 1 aromatic carbocycles. The fraction of sp³-hybridized carbons (Fsp3) is 0.375. The van der Waals surface area contributed by atoms with Gasteiger partial charge >= 0.3 is 0 Å². The lowest BCUT2D eigenvalue weighted by Crippen LogP contribution is -2.29. The number of nitriles is 1. The van der Waals surface area contributed by atoms with Gasteiger partial charge in [0.25, 0.3) is 5.91 Å². The number of nitrogens with one attached hydrogen (secondary N) is 2. The van der Waals surface area contributed by atoms with Crippen molar-refractivity contribution in [1.29, 1.82) is 5.26 Å². The fourth-order valence-electron chi connectivity index (χ4n) is 1.59. The fourth-order valence-corrected chi connectivity index (χ4v) is 1.59. The van der Waals surface area contributed by atoms with Crippen molar-refractivity contribution in [2.45, 2.75) is 39.3 Å². The summed E-state index contributed by atoms with van der Waals surface area (Å²) in [5.41, 5.74) is 1.10. The molecule has 0 fully saturated rings. The Morgan fingerprint density at radius 2 is 2.00 bits per heavy atom. The van der Waals surface area contributed by atoms with Gasteiger partial charge in [-0.1, -0.05) is 37.3 Å². The molecule has 20 heavy (non-hydrogen) atoms. The zero-order valence-electron chi connectivity index (χ0n) is 12.2. The average Bonchev–Trinajstić information content (AvgIpc) is 2.48. The minimum Gasteiger partial charge on any atom is -0.387 e. The Labute approximate surface area is 120 Å². The van der Waals surface area contributed by atoms with Gasteiger partial charge in [-0.2, -0.15) is 5.26 Å². The highest BCUT2D eigenvalue weighted by molar-refractivity contribution is 5.97. The van der Waals surface area contributed by atoms with Gasteiger partial charge in [-0.15, -0.1) is 0 Å². The standard InChI is InChI=1S/C16H21N3O/c1-4-12(2)18-11-15(10-17)16(20)19-13(3)14-8-6-5-7-9-14/h5-9,11-13,18H,4H2,1-3H3,(H,19,20)/b15-11-. The van der Waals surface area contributed by atoms with Crippen LogP contribution in [0.5, 0.6) is 0 Å².